The molecule has 0 aliphatic heterocycles. The van der Waals surface area contributed by atoms with E-state index < -0.39 is 5.78 Å². The normalized spacial score (nSPS) is 11.4. The summed E-state index contributed by atoms with van der Waals surface area (Å²) >= 11 is 0. The topological polar surface area (TPSA) is 54.0 Å². The molecule has 19 heavy (non-hydrogen) atoms. The second-order valence-electron chi connectivity index (χ2n) is 3.77. The zero-order valence-corrected chi connectivity index (χ0v) is 10.1. The highest BCUT2D eigenvalue weighted by molar-refractivity contribution is 6.09. The molecule has 0 fully saturated rings. The number of hydrogen-bond acceptors (Lipinski definition) is 3. The van der Waals surface area contributed by atoms with Gasteiger partial charge in [0.25, 0.3) is 0 Å². The predicted octanol–water partition coefficient (Wildman–Crippen LogP) is 3.63. The van der Waals surface area contributed by atoms with Crippen LogP contribution in [0.15, 0.2) is 70.9 Å². The minimum atomic E-state index is -0.412. The lowest BCUT2D eigenvalue weighted by Gasteiger charge is -1.93. The van der Waals surface area contributed by atoms with Crippen molar-refractivity contribution in [2.75, 3.05) is 0 Å². The standard InChI is InChI=1S/C16H11NO2/c17-12-14(16(18)15-10-5-11-19-15)9-4-8-13-6-2-1-3-7-13/h1-11H/b8-4+,14-9-. The molecule has 2 aromatic rings. The Balaban J connectivity index is 2.15. The number of carbonyl (C=O) groups is 1. The fraction of sp³-hybridized carbons (Fsp3) is 0. The largest absolute Gasteiger partial charge is 0.461 e. The third-order valence-electron chi connectivity index (χ3n) is 2.46. The third kappa shape index (κ3) is 3.30. The molecule has 0 aliphatic carbocycles. The summed E-state index contributed by atoms with van der Waals surface area (Å²) in [6, 6.07) is 14.7. The lowest BCUT2D eigenvalue weighted by molar-refractivity contribution is 0.101. The van der Waals surface area contributed by atoms with Crippen LogP contribution in [0.2, 0.25) is 0 Å². The third-order valence-corrected chi connectivity index (χ3v) is 2.46. The summed E-state index contributed by atoms with van der Waals surface area (Å²) in [5.74, 6) is -0.244. The molecule has 2 rings (SSSR count). The molecule has 1 heterocycles. The van der Waals surface area contributed by atoms with Crippen LogP contribution in [0.3, 0.4) is 0 Å². The van der Waals surface area contributed by atoms with Crippen LogP contribution in [0.4, 0.5) is 0 Å². The number of Topliss-reactive ketones (excluding diaryl/α,β-unsaturated/α-hetero) is 1. The van der Waals surface area contributed by atoms with Crippen LogP contribution in [0.1, 0.15) is 16.1 Å². The first kappa shape index (κ1) is 12.6. The Labute approximate surface area is 111 Å². The van der Waals surface area contributed by atoms with Crippen LogP contribution < -0.4 is 0 Å². The van der Waals surface area contributed by atoms with Gasteiger partial charge in [-0.25, -0.2) is 0 Å². The zero-order valence-electron chi connectivity index (χ0n) is 10.1. The second kappa shape index (κ2) is 6.18. The van der Waals surface area contributed by atoms with E-state index in [1.807, 2.05) is 42.5 Å². The van der Waals surface area contributed by atoms with Crippen molar-refractivity contribution in [1.82, 2.24) is 0 Å². The number of nitrogens with zero attached hydrogens (tertiary/aromatic N) is 1. The van der Waals surface area contributed by atoms with E-state index in [0.717, 1.165) is 5.56 Å². The number of hydrogen-bond donors (Lipinski definition) is 0. The second-order valence-corrected chi connectivity index (χ2v) is 3.77. The van der Waals surface area contributed by atoms with Gasteiger partial charge in [-0.1, -0.05) is 42.5 Å². The molecule has 1 aromatic carbocycles. The van der Waals surface area contributed by atoms with Crippen LogP contribution in [0, 0.1) is 11.3 Å². The van der Waals surface area contributed by atoms with Crippen molar-refractivity contribution in [2.24, 2.45) is 0 Å². The average Bonchev–Trinajstić information content (AvgIpc) is 2.98. The first-order valence-electron chi connectivity index (χ1n) is 5.73. The summed E-state index contributed by atoms with van der Waals surface area (Å²) < 4.78 is 4.98. The van der Waals surface area contributed by atoms with Crippen molar-refractivity contribution < 1.29 is 9.21 Å². The molecule has 0 atom stereocenters. The minimum absolute atomic E-state index is 0.0436. The maximum absolute atomic E-state index is 11.9. The molecule has 0 spiro atoms. The molecule has 0 radical (unpaired) electrons. The van der Waals surface area contributed by atoms with Crippen LogP contribution in [0.25, 0.3) is 6.08 Å². The summed E-state index contributed by atoms with van der Waals surface area (Å²) in [7, 11) is 0. The molecule has 0 aliphatic rings. The van der Waals surface area contributed by atoms with E-state index in [0.29, 0.717) is 0 Å². The molecule has 3 heteroatoms. The number of rotatable bonds is 4. The number of nitriles is 1. The van der Waals surface area contributed by atoms with E-state index in [-0.39, 0.29) is 11.3 Å². The first-order chi connectivity index (χ1) is 9.31. The van der Waals surface area contributed by atoms with Crippen LogP contribution in [0.5, 0.6) is 0 Å². The van der Waals surface area contributed by atoms with Gasteiger partial charge >= 0.3 is 0 Å². The SMILES string of the molecule is N#C/C(=C/C=C/c1ccccc1)C(=O)c1ccco1. The fourth-order valence-corrected chi connectivity index (χ4v) is 1.52. The highest BCUT2D eigenvalue weighted by atomic mass is 16.3. The van der Waals surface area contributed by atoms with Gasteiger partial charge in [-0.15, -0.1) is 0 Å². The predicted molar refractivity (Wildman–Crippen MR) is 72.2 cm³/mol. The van der Waals surface area contributed by atoms with Crippen molar-refractivity contribution in [3.8, 4) is 6.07 Å². The van der Waals surface area contributed by atoms with Crippen LogP contribution in [-0.2, 0) is 0 Å². The minimum Gasteiger partial charge on any atom is -0.461 e. The lowest BCUT2D eigenvalue weighted by atomic mass is 10.1. The van der Waals surface area contributed by atoms with Crippen molar-refractivity contribution >= 4 is 11.9 Å². The Kier molecular flexibility index (Phi) is 4.09. The fourth-order valence-electron chi connectivity index (χ4n) is 1.52. The van der Waals surface area contributed by atoms with Gasteiger partial charge in [-0.2, -0.15) is 5.26 Å². The highest BCUT2D eigenvalue weighted by Crippen LogP contribution is 2.09. The van der Waals surface area contributed by atoms with E-state index in [1.54, 1.807) is 12.1 Å². The molecular formula is C16H11NO2. The van der Waals surface area contributed by atoms with Gasteiger partial charge in [-0.3, -0.25) is 4.79 Å². The monoisotopic (exact) mass is 249 g/mol. The van der Waals surface area contributed by atoms with Gasteiger partial charge in [0.1, 0.15) is 11.6 Å². The smallest absolute Gasteiger partial charge is 0.238 e. The van der Waals surface area contributed by atoms with Gasteiger partial charge in [0.05, 0.1) is 6.26 Å². The molecule has 92 valence electrons. The van der Waals surface area contributed by atoms with Crippen LogP contribution >= 0.6 is 0 Å². The zero-order chi connectivity index (χ0) is 13.5. The summed E-state index contributed by atoms with van der Waals surface area (Å²) in [5.41, 5.74) is 1.05. The van der Waals surface area contributed by atoms with Gasteiger partial charge in [0.2, 0.25) is 5.78 Å². The van der Waals surface area contributed by atoms with Crippen molar-refractivity contribution in [3.63, 3.8) is 0 Å². The lowest BCUT2D eigenvalue weighted by Crippen LogP contribution is -1.99. The maximum Gasteiger partial charge on any atom is 0.238 e. The Morgan fingerprint density at radius 1 is 1.16 bits per heavy atom. The van der Waals surface area contributed by atoms with Gasteiger partial charge in [-0.05, 0) is 23.8 Å². The maximum atomic E-state index is 11.9. The summed E-state index contributed by atoms with van der Waals surface area (Å²) in [6.45, 7) is 0. The molecule has 0 bridgehead atoms. The molecular weight excluding hydrogens is 238 g/mol. The summed E-state index contributed by atoms with van der Waals surface area (Å²) in [4.78, 5) is 11.9. The summed E-state index contributed by atoms with van der Waals surface area (Å²) in [6.07, 6.45) is 6.39. The number of furan rings is 1. The van der Waals surface area contributed by atoms with Crippen molar-refractivity contribution in [1.29, 1.82) is 5.26 Å². The Bertz CT molecular complexity index is 644. The average molecular weight is 249 g/mol. The van der Waals surface area contributed by atoms with E-state index >= 15 is 0 Å². The summed E-state index contributed by atoms with van der Waals surface area (Å²) in [5, 5.41) is 8.98. The molecule has 3 nitrogen and oxygen atoms in total. The molecule has 0 saturated carbocycles. The van der Waals surface area contributed by atoms with Crippen molar-refractivity contribution in [3.05, 3.63) is 77.8 Å². The Hall–Kier alpha value is -2.86. The van der Waals surface area contributed by atoms with E-state index in [2.05, 4.69) is 0 Å². The van der Waals surface area contributed by atoms with Crippen LogP contribution in [-0.4, -0.2) is 5.78 Å². The van der Waals surface area contributed by atoms with E-state index in [1.165, 1.54) is 18.4 Å². The first-order valence-corrected chi connectivity index (χ1v) is 5.73. The Morgan fingerprint density at radius 2 is 1.95 bits per heavy atom. The molecule has 1 aromatic heterocycles. The molecule has 0 unspecified atom stereocenters. The van der Waals surface area contributed by atoms with E-state index in [9.17, 15) is 4.79 Å². The van der Waals surface area contributed by atoms with E-state index in [4.69, 9.17) is 9.68 Å². The van der Waals surface area contributed by atoms with Gasteiger partial charge < -0.3 is 4.42 Å². The number of ketones is 1. The quantitative estimate of drug-likeness (QED) is 0.360. The van der Waals surface area contributed by atoms with Gasteiger partial charge in [0, 0.05) is 0 Å². The number of allylic oxidation sites excluding steroid dienone is 3. The van der Waals surface area contributed by atoms with Gasteiger partial charge in [0.15, 0.2) is 5.76 Å². The Morgan fingerprint density at radius 3 is 2.58 bits per heavy atom. The number of benzene rings is 1. The highest BCUT2D eigenvalue weighted by Gasteiger charge is 2.13. The molecule has 0 N–H and O–H groups in total. The number of carbonyl (C=O) groups excluding carboxylic acids is 1. The molecule has 0 amide bonds. The van der Waals surface area contributed by atoms with Crippen molar-refractivity contribution in [2.45, 2.75) is 0 Å². The molecule has 0 saturated heterocycles.